The summed E-state index contributed by atoms with van der Waals surface area (Å²) in [5, 5.41) is 0.695. The van der Waals surface area contributed by atoms with Crippen molar-refractivity contribution >= 4 is 60.6 Å². The van der Waals surface area contributed by atoms with Gasteiger partial charge >= 0.3 is 0 Å². The van der Waals surface area contributed by atoms with Crippen LogP contribution in [-0.2, 0) is 0 Å². The number of nitrogens with zero attached hydrogens (tertiary/aromatic N) is 2. The largest absolute Gasteiger partial charge is 0.331 e. The molecule has 0 aliphatic rings. The molecule has 3 aromatic rings. The van der Waals surface area contributed by atoms with Gasteiger partial charge in [0.15, 0.2) is 16.6 Å². The van der Waals surface area contributed by atoms with Crippen LogP contribution in [0.15, 0.2) is 50.6 Å². The fourth-order valence-corrected chi connectivity index (χ4v) is 3.14. The fourth-order valence-electron chi connectivity index (χ4n) is 1.77. The Morgan fingerprint density at radius 1 is 1.19 bits per heavy atom. The molecule has 0 saturated carbocycles. The van der Waals surface area contributed by atoms with E-state index in [0.29, 0.717) is 22.1 Å². The molecule has 0 aliphatic heterocycles. The minimum atomic E-state index is 0.0714. The summed E-state index contributed by atoms with van der Waals surface area (Å²) in [5.74, 6) is 0.407. The number of Topliss-reactive ketones (excluding diaryl/α,β-unsaturated/α-hetero) is 1. The molecule has 1 N–H and O–H groups in total. The SMILES string of the molecule is O=C(CSc1nc2ncc(Br)cc2[nH]1)c1ccc(Br)cc1. The van der Waals surface area contributed by atoms with Crippen LogP contribution in [0.3, 0.4) is 0 Å². The molecular weight excluding hydrogens is 418 g/mol. The van der Waals surface area contributed by atoms with Crippen LogP contribution in [0, 0.1) is 0 Å². The Morgan fingerprint density at radius 3 is 2.71 bits per heavy atom. The van der Waals surface area contributed by atoms with Gasteiger partial charge in [-0.2, -0.15) is 0 Å². The third-order valence-corrected chi connectivity index (χ3v) is 4.62. The molecule has 21 heavy (non-hydrogen) atoms. The van der Waals surface area contributed by atoms with E-state index in [1.165, 1.54) is 11.8 Å². The molecule has 7 heteroatoms. The molecule has 3 rings (SSSR count). The first kappa shape index (κ1) is 14.7. The smallest absolute Gasteiger partial charge is 0.178 e. The van der Waals surface area contributed by atoms with Crippen LogP contribution in [0.4, 0.5) is 0 Å². The van der Waals surface area contributed by atoms with Gasteiger partial charge in [-0.25, -0.2) is 9.97 Å². The Bertz CT molecular complexity index is 802. The number of imidazole rings is 1. The zero-order valence-electron chi connectivity index (χ0n) is 10.6. The Morgan fingerprint density at radius 2 is 1.95 bits per heavy atom. The average molecular weight is 427 g/mol. The second kappa shape index (κ2) is 6.29. The van der Waals surface area contributed by atoms with Crippen LogP contribution in [0.2, 0.25) is 0 Å². The number of H-pyrrole nitrogens is 1. The lowest BCUT2D eigenvalue weighted by molar-refractivity contribution is 0.102. The summed E-state index contributed by atoms with van der Waals surface area (Å²) in [5.41, 5.74) is 2.20. The van der Waals surface area contributed by atoms with Gasteiger partial charge in [-0.05, 0) is 34.1 Å². The zero-order chi connectivity index (χ0) is 14.8. The molecule has 0 amide bonds. The molecule has 2 heterocycles. The number of pyridine rings is 1. The second-order valence-corrected chi connectivity index (χ2v) is 7.08. The van der Waals surface area contributed by atoms with Gasteiger partial charge in [0, 0.05) is 20.7 Å². The van der Waals surface area contributed by atoms with Crippen molar-refractivity contribution in [3.8, 4) is 0 Å². The summed E-state index contributed by atoms with van der Waals surface area (Å²) in [7, 11) is 0. The Hall–Kier alpha value is -1.18. The number of carbonyl (C=O) groups excluding carboxylic acids is 1. The third kappa shape index (κ3) is 3.53. The third-order valence-electron chi connectivity index (χ3n) is 2.79. The number of hydrogen-bond donors (Lipinski definition) is 1. The Labute approximate surface area is 142 Å². The number of hydrogen-bond acceptors (Lipinski definition) is 4. The number of carbonyl (C=O) groups is 1. The highest BCUT2D eigenvalue weighted by Crippen LogP contribution is 2.21. The van der Waals surface area contributed by atoms with E-state index in [1.807, 2.05) is 30.3 Å². The van der Waals surface area contributed by atoms with E-state index in [4.69, 9.17) is 0 Å². The van der Waals surface area contributed by atoms with Crippen LogP contribution < -0.4 is 0 Å². The summed E-state index contributed by atoms with van der Waals surface area (Å²) in [6.07, 6.45) is 1.70. The van der Waals surface area contributed by atoms with Gasteiger partial charge < -0.3 is 4.98 Å². The van der Waals surface area contributed by atoms with Crippen LogP contribution >= 0.6 is 43.6 Å². The zero-order valence-corrected chi connectivity index (χ0v) is 14.6. The van der Waals surface area contributed by atoms with Gasteiger partial charge in [-0.1, -0.05) is 39.8 Å². The molecule has 1 aromatic carbocycles. The van der Waals surface area contributed by atoms with E-state index < -0.39 is 0 Å². The van der Waals surface area contributed by atoms with Gasteiger partial charge in [-0.3, -0.25) is 4.79 Å². The van der Waals surface area contributed by atoms with Crippen molar-refractivity contribution in [3.63, 3.8) is 0 Å². The van der Waals surface area contributed by atoms with Gasteiger partial charge in [0.05, 0.1) is 11.3 Å². The van der Waals surface area contributed by atoms with Crippen molar-refractivity contribution in [1.29, 1.82) is 0 Å². The molecule has 0 aliphatic carbocycles. The van der Waals surface area contributed by atoms with E-state index in [1.54, 1.807) is 6.20 Å². The van der Waals surface area contributed by atoms with Gasteiger partial charge in [-0.15, -0.1) is 0 Å². The van der Waals surface area contributed by atoms with Crippen molar-refractivity contribution < 1.29 is 4.79 Å². The molecule has 0 bridgehead atoms. The first-order valence-corrected chi connectivity index (χ1v) is 8.62. The monoisotopic (exact) mass is 425 g/mol. The van der Waals surface area contributed by atoms with Crippen molar-refractivity contribution in [2.45, 2.75) is 5.16 Å². The average Bonchev–Trinajstić information content (AvgIpc) is 2.87. The van der Waals surface area contributed by atoms with Gasteiger partial charge in [0.2, 0.25) is 0 Å². The summed E-state index contributed by atoms with van der Waals surface area (Å²) < 4.78 is 1.85. The molecule has 0 unspecified atom stereocenters. The number of benzene rings is 1. The molecule has 106 valence electrons. The topological polar surface area (TPSA) is 58.6 Å². The predicted octanol–water partition coefficient (Wildman–Crippen LogP) is 4.46. The fraction of sp³-hybridized carbons (Fsp3) is 0.0714. The molecule has 0 saturated heterocycles. The van der Waals surface area contributed by atoms with Gasteiger partial charge in [0.25, 0.3) is 0 Å². The molecule has 0 atom stereocenters. The van der Waals surface area contributed by atoms with Crippen molar-refractivity contribution in [2.24, 2.45) is 0 Å². The second-order valence-electron chi connectivity index (χ2n) is 4.29. The number of aromatic amines is 1. The lowest BCUT2D eigenvalue weighted by Crippen LogP contribution is -2.02. The number of rotatable bonds is 4. The Kier molecular flexibility index (Phi) is 4.42. The minimum Gasteiger partial charge on any atom is -0.331 e. The first-order chi connectivity index (χ1) is 10.1. The lowest BCUT2D eigenvalue weighted by Gasteiger charge is -1.99. The minimum absolute atomic E-state index is 0.0714. The van der Waals surface area contributed by atoms with Gasteiger partial charge in [0.1, 0.15) is 0 Å². The van der Waals surface area contributed by atoms with Crippen LogP contribution in [0.25, 0.3) is 11.2 Å². The lowest BCUT2D eigenvalue weighted by atomic mass is 10.2. The highest BCUT2D eigenvalue weighted by atomic mass is 79.9. The molecule has 0 spiro atoms. The van der Waals surface area contributed by atoms with Crippen molar-refractivity contribution in [3.05, 3.63) is 51.0 Å². The van der Waals surface area contributed by atoms with Crippen LogP contribution in [0.1, 0.15) is 10.4 Å². The van der Waals surface area contributed by atoms with E-state index in [2.05, 4.69) is 46.8 Å². The number of aromatic nitrogens is 3. The number of ketones is 1. The molecular formula is C14H9Br2N3OS. The summed E-state index contributed by atoms with van der Waals surface area (Å²) >= 11 is 8.09. The van der Waals surface area contributed by atoms with E-state index in [-0.39, 0.29) is 5.78 Å². The predicted molar refractivity (Wildman–Crippen MR) is 90.8 cm³/mol. The molecule has 0 radical (unpaired) electrons. The first-order valence-electron chi connectivity index (χ1n) is 6.04. The van der Waals surface area contributed by atoms with E-state index in [0.717, 1.165) is 14.5 Å². The number of thioether (sulfide) groups is 1. The summed E-state index contributed by atoms with van der Waals surface area (Å²) in [4.78, 5) is 23.8. The molecule has 0 fully saturated rings. The van der Waals surface area contributed by atoms with Crippen molar-refractivity contribution in [2.75, 3.05) is 5.75 Å². The van der Waals surface area contributed by atoms with Crippen LogP contribution in [0.5, 0.6) is 0 Å². The van der Waals surface area contributed by atoms with Crippen LogP contribution in [-0.4, -0.2) is 26.5 Å². The summed E-state index contributed by atoms with van der Waals surface area (Å²) in [6.45, 7) is 0. The maximum Gasteiger partial charge on any atom is 0.178 e. The normalized spacial score (nSPS) is 11.0. The van der Waals surface area contributed by atoms with E-state index in [9.17, 15) is 4.79 Å². The summed E-state index contributed by atoms with van der Waals surface area (Å²) in [6, 6.07) is 9.26. The quantitative estimate of drug-likeness (QED) is 0.494. The number of fused-ring (bicyclic) bond motifs is 1. The maximum atomic E-state index is 12.1. The number of nitrogens with one attached hydrogen (secondary N) is 1. The maximum absolute atomic E-state index is 12.1. The van der Waals surface area contributed by atoms with Crippen molar-refractivity contribution in [1.82, 2.24) is 15.0 Å². The standard InChI is InChI=1S/C14H9Br2N3OS/c15-9-3-1-8(2-4-9)12(20)7-21-14-18-11-5-10(16)6-17-13(11)19-14/h1-6H,7H2,(H,17,18,19). The number of halogens is 2. The highest BCUT2D eigenvalue weighted by molar-refractivity contribution is 9.10. The Balaban J connectivity index is 1.71. The highest BCUT2D eigenvalue weighted by Gasteiger charge is 2.10. The molecule has 4 nitrogen and oxygen atoms in total. The van der Waals surface area contributed by atoms with E-state index >= 15 is 0 Å². The molecule has 2 aromatic heterocycles.